The third-order valence-corrected chi connectivity index (χ3v) is 2.23. The first-order valence-electron chi connectivity index (χ1n) is 4.20. The Morgan fingerprint density at radius 2 is 2.00 bits per heavy atom. The summed E-state index contributed by atoms with van der Waals surface area (Å²) in [6.07, 6.45) is 1.56. The number of nitrogens with zero attached hydrogens (tertiary/aromatic N) is 1. The molecule has 0 amide bonds. The molecule has 0 aliphatic carbocycles. The lowest BCUT2D eigenvalue weighted by Gasteiger charge is -1.98. The summed E-state index contributed by atoms with van der Waals surface area (Å²) in [5.74, 6) is 0. The molecule has 14 heavy (non-hydrogen) atoms. The molecule has 3 nitrogen and oxygen atoms in total. The van der Waals surface area contributed by atoms with Gasteiger partial charge in [0.25, 0.3) is 0 Å². The van der Waals surface area contributed by atoms with Crippen LogP contribution in [0, 0.1) is 0 Å². The first-order valence-corrected chi connectivity index (χ1v) is 4.58. The molecule has 0 saturated carbocycles. The van der Waals surface area contributed by atoms with Gasteiger partial charge in [-0.25, -0.2) is 0 Å². The fourth-order valence-electron chi connectivity index (χ4n) is 1.25. The molecule has 0 fully saturated rings. The van der Waals surface area contributed by atoms with Crippen molar-refractivity contribution in [1.29, 1.82) is 0 Å². The van der Waals surface area contributed by atoms with Crippen LogP contribution in [0.4, 0.5) is 0 Å². The summed E-state index contributed by atoms with van der Waals surface area (Å²) in [5.41, 5.74) is 8.18. The van der Waals surface area contributed by atoms with Crippen molar-refractivity contribution in [1.82, 2.24) is 5.16 Å². The lowest BCUT2D eigenvalue weighted by atomic mass is 10.1. The molecule has 1 heterocycles. The molecule has 0 bridgehead atoms. The van der Waals surface area contributed by atoms with Gasteiger partial charge in [0.2, 0.25) is 0 Å². The summed E-state index contributed by atoms with van der Waals surface area (Å²) in [4.78, 5) is 0. The molecule has 72 valence electrons. The summed E-state index contributed by atoms with van der Waals surface area (Å²) in [6, 6.07) is 7.40. The number of rotatable bonds is 2. The van der Waals surface area contributed by atoms with Gasteiger partial charge in [0.1, 0.15) is 12.0 Å². The van der Waals surface area contributed by atoms with Gasteiger partial charge in [0, 0.05) is 22.7 Å². The van der Waals surface area contributed by atoms with Gasteiger partial charge in [-0.15, -0.1) is 0 Å². The van der Waals surface area contributed by atoms with E-state index in [1.165, 1.54) is 0 Å². The van der Waals surface area contributed by atoms with Crippen LogP contribution in [0.1, 0.15) is 5.56 Å². The number of hydrogen-bond donors (Lipinski definition) is 1. The zero-order valence-electron chi connectivity index (χ0n) is 7.40. The molecule has 0 aliphatic rings. The van der Waals surface area contributed by atoms with Crippen molar-refractivity contribution in [2.45, 2.75) is 6.54 Å². The van der Waals surface area contributed by atoms with E-state index >= 15 is 0 Å². The molecule has 0 spiro atoms. The van der Waals surface area contributed by atoms with Crippen LogP contribution in [-0.2, 0) is 6.54 Å². The van der Waals surface area contributed by atoms with Gasteiger partial charge in [-0.3, -0.25) is 0 Å². The van der Waals surface area contributed by atoms with E-state index in [1.807, 2.05) is 24.3 Å². The Kier molecular flexibility index (Phi) is 2.52. The van der Waals surface area contributed by atoms with Crippen molar-refractivity contribution in [2.24, 2.45) is 5.73 Å². The molecule has 0 aliphatic heterocycles. The maximum Gasteiger partial charge on any atom is 0.128 e. The summed E-state index contributed by atoms with van der Waals surface area (Å²) in [6.45, 7) is 0.418. The molecule has 4 heteroatoms. The number of halogens is 1. The van der Waals surface area contributed by atoms with Crippen molar-refractivity contribution in [3.05, 3.63) is 41.1 Å². The number of benzene rings is 1. The van der Waals surface area contributed by atoms with Crippen LogP contribution in [0.2, 0.25) is 5.02 Å². The Balaban J connectivity index is 2.44. The van der Waals surface area contributed by atoms with E-state index < -0.39 is 0 Å². The quantitative estimate of drug-likeness (QED) is 0.825. The first-order chi connectivity index (χ1) is 6.81. The van der Waals surface area contributed by atoms with Crippen molar-refractivity contribution in [3.63, 3.8) is 0 Å². The van der Waals surface area contributed by atoms with Crippen molar-refractivity contribution < 1.29 is 4.52 Å². The predicted molar refractivity (Wildman–Crippen MR) is 54.8 cm³/mol. The summed E-state index contributed by atoms with van der Waals surface area (Å²) < 4.78 is 4.86. The summed E-state index contributed by atoms with van der Waals surface area (Å²) in [7, 11) is 0. The monoisotopic (exact) mass is 208 g/mol. The van der Waals surface area contributed by atoms with Crippen molar-refractivity contribution in [2.75, 3.05) is 0 Å². The lowest BCUT2D eigenvalue weighted by Crippen LogP contribution is -1.96. The molecule has 0 radical (unpaired) electrons. The van der Waals surface area contributed by atoms with E-state index in [0.29, 0.717) is 11.6 Å². The Hall–Kier alpha value is -1.32. The number of aromatic nitrogens is 1. The van der Waals surface area contributed by atoms with Crippen molar-refractivity contribution >= 4 is 11.6 Å². The largest absolute Gasteiger partial charge is 0.364 e. The van der Waals surface area contributed by atoms with Gasteiger partial charge < -0.3 is 10.3 Å². The lowest BCUT2D eigenvalue weighted by molar-refractivity contribution is 0.421. The number of hydrogen-bond acceptors (Lipinski definition) is 3. The predicted octanol–water partition coefficient (Wildman–Crippen LogP) is 2.45. The molecular weight excluding hydrogens is 200 g/mol. The standard InChI is InChI=1S/C10H9ClN2O/c11-9-3-1-7(2-4-9)10-8(5-12)6-14-13-10/h1-4,6H,5,12H2. The van der Waals surface area contributed by atoms with Crippen LogP contribution < -0.4 is 5.73 Å². The second-order valence-electron chi connectivity index (χ2n) is 2.90. The topological polar surface area (TPSA) is 52.0 Å². The van der Waals surface area contributed by atoms with Crippen LogP contribution in [0.3, 0.4) is 0 Å². The van der Waals surface area contributed by atoms with Gasteiger partial charge in [-0.2, -0.15) is 0 Å². The average Bonchev–Trinajstić information content (AvgIpc) is 2.67. The van der Waals surface area contributed by atoms with E-state index in [1.54, 1.807) is 6.26 Å². The van der Waals surface area contributed by atoms with Gasteiger partial charge in [-0.05, 0) is 12.1 Å². The van der Waals surface area contributed by atoms with Crippen molar-refractivity contribution in [3.8, 4) is 11.3 Å². The molecule has 2 aromatic rings. The third kappa shape index (κ3) is 1.64. The molecular formula is C10H9ClN2O. The zero-order valence-corrected chi connectivity index (χ0v) is 8.16. The van der Waals surface area contributed by atoms with E-state index in [2.05, 4.69) is 5.16 Å². The highest BCUT2D eigenvalue weighted by Crippen LogP contribution is 2.23. The minimum Gasteiger partial charge on any atom is -0.364 e. The molecule has 1 aromatic heterocycles. The zero-order chi connectivity index (χ0) is 9.97. The SMILES string of the molecule is NCc1conc1-c1ccc(Cl)cc1. The average molecular weight is 209 g/mol. The maximum absolute atomic E-state index is 5.78. The minimum atomic E-state index is 0.418. The Morgan fingerprint density at radius 1 is 1.29 bits per heavy atom. The fraction of sp³-hybridized carbons (Fsp3) is 0.100. The first kappa shape index (κ1) is 9.24. The molecule has 0 saturated heterocycles. The van der Waals surface area contributed by atoms with E-state index in [4.69, 9.17) is 21.9 Å². The summed E-state index contributed by atoms with van der Waals surface area (Å²) in [5, 5.41) is 4.59. The molecule has 1 aromatic carbocycles. The normalized spacial score (nSPS) is 10.4. The summed E-state index contributed by atoms with van der Waals surface area (Å²) >= 11 is 5.78. The van der Waals surface area contributed by atoms with Crippen LogP contribution in [-0.4, -0.2) is 5.16 Å². The highest BCUT2D eigenvalue weighted by atomic mass is 35.5. The second-order valence-corrected chi connectivity index (χ2v) is 3.34. The molecule has 2 rings (SSSR count). The van der Waals surface area contributed by atoms with E-state index in [9.17, 15) is 0 Å². The number of nitrogens with two attached hydrogens (primary N) is 1. The van der Waals surface area contributed by atoms with Crippen LogP contribution in [0.15, 0.2) is 35.1 Å². The highest BCUT2D eigenvalue weighted by molar-refractivity contribution is 6.30. The molecule has 0 unspecified atom stereocenters. The Bertz CT molecular complexity index is 422. The van der Waals surface area contributed by atoms with Gasteiger partial charge in [0.15, 0.2) is 0 Å². The van der Waals surface area contributed by atoms with Gasteiger partial charge >= 0.3 is 0 Å². The van der Waals surface area contributed by atoms with Gasteiger partial charge in [-0.1, -0.05) is 28.9 Å². The Labute approximate surface area is 86.5 Å². The molecule has 2 N–H and O–H groups in total. The van der Waals surface area contributed by atoms with E-state index in [0.717, 1.165) is 16.8 Å². The smallest absolute Gasteiger partial charge is 0.128 e. The third-order valence-electron chi connectivity index (χ3n) is 1.98. The maximum atomic E-state index is 5.78. The van der Waals surface area contributed by atoms with E-state index in [-0.39, 0.29) is 0 Å². The fourth-order valence-corrected chi connectivity index (χ4v) is 1.37. The second kappa shape index (κ2) is 3.82. The van der Waals surface area contributed by atoms with Crippen LogP contribution in [0.5, 0.6) is 0 Å². The minimum absolute atomic E-state index is 0.418. The highest BCUT2D eigenvalue weighted by Gasteiger charge is 2.07. The molecule has 0 atom stereocenters. The van der Waals surface area contributed by atoms with Gasteiger partial charge in [0.05, 0.1) is 0 Å². The Morgan fingerprint density at radius 3 is 2.64 bits per heavy atom. The van der Waals surface area contributed by atoms with Crippen LogP contribution >= 0.6 is 11.6 Å². The van der Waals surface area contributed by atoms with Crippen LogP contribution in [0.25, 0.3) is 11.3 Å².